The van der Waals surface area contributed by atoms with E-state index in [-0.39, 0.29) is 12.1 Å². The molecule has 106 valence electrons. The molecule has 1 aromatic carbocycles. The number of hydrogen-bond acceptors (Lipinski definition) is 3. The second-order valence-electron chi connectivity index (χ2n) is 4.71. The van der Waals surface area contributed by atoms with Crippen LogP contribution in [0.1, 0.15) is 23.0 Å². The molecule has 1 atom stereocenters. The average Bonchev–Trinajstić information content (AvgIpc) is 2.61. The van der Waals surface area contributed by atoms with Crippen LogP contribution in [-0.4, -0.2) is 26.5 Å². The molecule has 0 aliphatic carbocycles. The van der Waals surface area contributed by atoms with Crippen LogP contribution in [0.15, 0.2) is 35.1 Å². The van der Waals surface area contributed by atoms with Crippen molar-refractivity contribution in [1.82, 2.24) is 9.36 Å². The zero-order chi connectivity index (χ0) is 14.9. The van der Waals surface area contributed by atoms with E-state index < -0.39 is 17.6 Å². The van der Waals surface area contributed by atoms with Gasteiger partial charge in [-0.25, -0.2) is 4.68 Å². The predicted octanol–water partition coefficient (Wildman–Crippen LogP) is 0.427. The molecule has 0 saturated carbocycles. The van der Waals surface area contributed by atoms with E-state index in [2.05, 4.69) is 0 Å². The number of amides is 1. The van der Waals surface area contributed by atoms with Crippen LogP contribution >= 0.6 is 0 Å². The quantitative estimate of drug-likeness (QED) is 0.847. The Kier molecular flexibility index (Phi) is 3.76. The van der Waals surface area contributed by atoms with Crippen molar-refractivity contribution >= 4 is 5.91 Å². The van der Waals surface area contributed by atoms with Crippen LogP contribution in [0.4, 0.5) is 0 Å². The minimum Gasteiger partial charge on any atom is -0.391 e. The van der Waals surface area contributed by atoms with Crippen molar-refractivity contribution in [3.8, 4) is 5.69 Å². The number of aliphatic hydroxyl groups is 1. The summed E-state index contributed by atoms with van der Waals surface area (Å²) in [6.45, 7) is 3.45. The maximum atomic E-state index is 12.4. The Labute approximate surface area is 116 Å². The third-order valence-corrected chi connectivity index (χ3v) is 3.08. The monoisotopic (exact) mass is 275 g/mol. The number of benzene rings is 1. The molecule has 2 aromatic rings. The summed E-state index contributed by atoms with van der Waals surface area (Å²) in [4.78, 5) is 23.9. The van der Waals surface area contributed by atoms with Gasteiger partial charge in [-0.3, -0.25) is 14.3 Å². The molecule has 0 radical (unpaired) electrons. The lowest BCUT2D eigenvalue weighted by Crippen LogP contribution is -2.27. The minimum atomic E-state index is -0.762. The second-order valence-corrected chi connectivity index (χ2v) is 4.71. The highest BCUT2D eigenvalue weighted by molar-refractivity contribution is 5.93. The zero-order valence-corrected chi connectivity index (χ0v) is 11.4. The molecule has 1 amide bonds. The lowest BCUT2D eigenvalue weighted by Gasteiger charge is -2.15. The van der Waals surface area contributed by atoms with Gasteiger partial charge in [0, 0.05) is 0 Å². The van der Waals surface area contributed by atoms with Crippen molar-refractivity contribution in [3.05, 3.63) is 51.9 Å². The molecule has 1 aromatic heterocycles. The van der Waals surface area contributed by atoms with Crippen molar-refractivity contribution in [3.63, 3.8) is 0 Å². The molecule has 0 aliphatic rings. The second kappa shape index (κ2) is 5.34. The number of rotatable bonds is 4. The summed E-state index contributed by atoms with van der Waals surface area (Å²) in [5.74, 6) is -0.762. The number of para-hydroxylation sites is 1. The fraction of sp³-hybridized carbons (Fsp3) is 0.286. The summed E-state index contributed by atoms with van der Waals surface area (Å²) in [5, 5.41) is 9.59. The van der Waals surface area contributed by atoms with Gasteiger partial charge >= 0.3 is 0 Å². The van der Waals surface area contributed by atoms with Crippen molar-refractivity contribution in [2.45, 2.75) is 26.5 Å². The number of aromatic nitrogens is 2. The largest absolute Gasteiger partial charge is 0.391 e. The van der Waals surface area contributed by atoms with Gasteiger partial charge in [0.25, 0.3) is 11.5 Å². The lowest BCUT2D eigenvalue weighted by atomic mass is 10.2. The highest BCUT2D eigenvalue weighted by Crippen LogP contribution is 2.12. The van der Waals surface area contributed by atoms with Gasteiger partial charge in [0.05, 0.1) is 24.0 Å². The van der Waals surface area contributed by atoms with Crippen LogP contribution in [-0.2, 0) is 6.54 Å². The molecule has 6 heteroatoms. The number of aliphatic hydroxyl groups excluding tert-OH is 1. The highest BCUT2D eigenvalue weighted by Gasteiger charge is 2.22. The van der Waals surface area contributed by atoms with Crippen LogP contribution in [0.3, 0.4) is 0 Å². The molecule has 6 nitrogen and oxygen atoms in total. The van der Waals surface area contributed by atoms with Gasteiger partial charge in [-0.1, -0.05) is 18.2 Å². The highest BCUT2D eigenvalue weighted by atomic mass is 16.3. The van der Waals surface area contributed by atoms with Crippen molar-refractivity contribution < 1.29 is 9.90 Å². The topological polar surface area (TPSA) is 90.3 Å². The van der Waals surface area contributed by atoms with Gasteiger partial charge in [-0.15, -0.1) is 0 Å². The Balaban J connectivity index is 2.75. The molecule has 1 heterocycles. The summed E-state index contributed by atoms with van der Waals surface area (Å²) >= 11 is 0. The third-order valence-electron chi connectivity index (χ3n) is 3.08. The van der Waals surface area contributed by atoms with Gasteiger partial charge < -0.3 is 10.8 Å². The van der Waals surface area contributed by atoms with Crippen LogP contribution in [0.5, 0.6) is 0 Å². The van der Waals surface area contributed by atoms with Crippen LogP contribution in [0.25, 0.3) is 5.69 Å². The predicted molar refractivity (Wildman–Crippen MR) is 75.0 cm³/mol. The first-order valence-corrected chi connectivity index (χ1v) is 6.29. The molecule has 2 rings (SSSR count). The first kappa shape index (κ1) is 14.1. The minimum absolute atomic E-state index is 0.0468. The molecule has 20 heavy (non-hydrogen) atoms. The number of primary amides is 1. The standard InChI is InChI=1S/C14H17N3O3/c1-9(18)8-16-10(2)12(13(15)19)14(20)17(16)11-6-4-3-5-7-11/h3-7,9,18H,8H2,1-2H3,(H2,15,19). The first-order valence-electron chi connectivity index (χ1n) is 6.29. The van der Waals surface area contributed by atoms with Crippen LogP contribution in [0, 0.1) is 6.92 Å². The molecule has 0 spiro atoms. The summed E-state index contributed by atoms with van der Waals surface area (Å²) in [5.41, 5.74) is 5.83. The van der Waals surface area contributed by atoms with Gasteiger partial charge in [0.1, 0.15) is 5.56 Å². The molecular formula is C14H17N3O3. The molecular weight excluding hydrogens is 258 g/mol. The van der Waals surface area contributed by atoms with E-state index in [1.165, 1.54) is 4.68 Å². The lowest BCUT2D eigenvalue weighted by molar-refractivity contribution is 0.0998. The van der Waals surface area contributed by atoms with E-state index in [0.717, 1.165) is 0 Å². The Morgan fingerprint density at radius 1 is 1.35 bits per heavy atom. The summed E-state index contributed by atoms with van der Waals surface area (Å²) in [7, 11) is 0. The van der Waals surface area contributed by atoms with E-state index >= 15 is 0 Å². The number of carbonyl (C=O) groups excluding carboxylic acids is 1. The Morgan fingerprint density at radius 3 is 2.45 bits per heavy atom. The maximum absolute atomic E-state index is 12.4. The number of hydrogen-bond donors (Lipinski definition) is 2. The molecule has 3 N–H and O–H groups in total. The fourth-order valence-electron chi connectivity index (χ4n) is 2.23. The van der Waals surface area contributed by atoms with Crippen molar-refractivity contribution in [2.75, 3.05) is 0 Å². The summed E-state index contributed by atoms with van der Waals surface area (Å²) < 4.78 is 2.94. The number of carbonyl (C=O) groups is 1. The van der Waals surface area contributed by atoms with Gasteiger partial charge in [-0.2, -0.15) is 0 Å². The number of nitrogens with two attached hydrogens (primary N) is 1. The number of nitrogens with zero attached hydrogens (tertiary/aromatic N) is 2. The fourth-order valence-corrected chi connectivity index (χ4v) is 2.23. The van der Waals surface area contributed by atoms with Crippen molar-refractivity contribution in [2.24, 2.45) is 5.73 Å². The van der Waals surface area contributed by atoms with E-state index in [1.54, 1.807) is 42.8 Å². The van der Waals surface area contributed by atoms with Gasteiger partial charge in [0.2, 0.25) is 0 Å². The maximum Gasteiger partial charge on any atom is 0.284 e. The van der Waals surface area contributed by atoms with Gasteiger partial charge in [-0.05, 0) is 26.0 Å². The third kappa shape index (κ3) is 2.37. The summed E-state index contributed by atoms with van der Waals surface area (Å²) in [6.07, 6.45) is -0.656. The normalized spacial score (nSPS) is 12.3. The molecule has 0 bridgehead atoms. The smallest absolute Gasteiger partial charge is 0.284 e. The van der Waals surface area contributed by atoms with E-state index in [4.69, 9.17) is 5.73 Å². The van der Waals surface area contributed by atoms with Gasteiger partial charge in [0.15, 0.2) is 0 Å². The van der Waals surface area contributed by atoms with Crippen LogP contribution in [0.2, 0.25) is 0 Å². The Bertz CT molecular complexity index is 684. The molecule has 0 fully saturated rings. The first-order chi connectivity index (χ1) is 9.43. The van der Waals surface area contributed by atoms with E-state index in [1.807, 2.05) is 6.07 Å². The summed E-state index contributed by atoms with van der Waals surface area (Å²) in [6, 6.07) is 8.92. The Hall–Kier alpha value is -2.34. The van der Waals surface area contributed by atoms with E-state index in [9.17, 15) is 14.7 Å². The molecule has 1 unspecified atom stereocenters. The molecule has 0 saturated heterocycles. The average molecular weight is 275 g/mol. The van der Waals surface area contributed by atoms with Crippen molar-refractivity contribution in [1.29, 1.82) is 0 Å². The Morgan fingerprint density at radius 2 is 1.95 bits per heavy atom. The zero-order valence-electron chi connectivity index (χ0n) is 11.4. The SMILES string of the molecule is Cc1c(C(N)=O)c(=O)n(-c2ccccc2)n1CC(C)O. The van der Waals surface area contributed by atoms with Crippen LogP contribution < -0.4 is 11.3 Å². The van der Waals surface area contributed by atoms with E-state index in [0.29, 0.717) is 11.4 Å². The molecule has 0 aliphatic heterocycles.